The molecule has 0 aliphatic rings. The third-order valence-corrected chi connectivity index (χ3v) is 5.10. The van der Waals surface area contributed by atoms with Gasteiger partial charge in [0.2, 0.25) is 0 Å². The zero-order valence-electron chi connectivity index (χ0n) is 18.7. The van der Waals surface area contributed by atoms with Crippen LogP contribution in [0.1, 0.15) is 12.8 Å². The fraction of sp³-hybridized carbons (Fsp3) is 0.231. The molecule has 168 valence electrons. The van der Waals surface area contributed by atoms with Crippen LogP contribution in [0.4, 0.5) is 11.6 Å². The van der Waals surface area contributed by atoms with Crippen molar-refractivity contribution in [2.24, 2.45) is 0 Å². The SMILES string of the molecule is c1cc[n+](N(CCCOCCCN(c2ccccn2)[n+]2ccccc2)c2ccccn2)cc1. The predicted octanol–water partition coefficient (Wildman–Crippen LogP) is 3.09. The maximum atomic E-state index is 5.97. The first-order chi connectivity index (χ1) is 16.4. The molecule has 0 saturated heterocycles. The van der Waals surface area contributed by atoms with Crippen molar-refractivity contribution < 1.29 is 14.1 Å². The number of hydrogen-bond donors (Lipinski definition) is 0. The molecular weight excluding hydrogens is 412 g/mol. The first-order valence-electron chi connectivity index (χ1n) is 11.3. The van der Waals surface area contributed by atoms with Gasteiger partial charge in [-0.15, -0.1) is 10.0 Å². The van der Waals surface area contributed by atoms with Gasteiger partial charge in [0.15, 0.2) is 36.4 Å². The Morgan fingerprint density at radius 1 is 0.576 bits per heavy atom. The topological polar surface area (TPSA) is 49.3 Å². The minimum Gasteiger partial charge on any atom is -0.381 e. The predicted molar refractivity (Wildman–Crippen MR) is 127 cm³/mol. The molecule has 4 heterocycles. The zero-order chi connectivity index (χ0) is 22.6. The molecule has 0 saturated carbocycles. The van der Waals surface area contributed by atoms with Crippen molar-refractivity contribution in [3.63, 3.8) is 0 Å². The van der Waals surface area contributed by atoms with Gasteiger partial charge in [0.1, 0.15) is 0 Å². The van der Waals surface area contributed by atoms with Crippen LogP contribution in [0.5, 0.6) is 0 Å². The van der Waals surface area contributed by atoms with Crippen LogP contribution in [0.3, 0.4) is 0 Å². The average Bonchev–Trinajstić information content (AvgIpc) is 2.90. The Hall–Kier alpha value is -3.84. The van der Waals surface area contributed by atoms with E-state index in [0.29, 0.717) is 13.2 Å². The molecular formula is C26H30N6O+2. The first-order valence-corrected chi connectivity index (χ1v) is 11.3. The van der Waals surface area contributed by atoms with Crippen LogP contribution in [0.2, 0.25) is 0 Å². The molecule has 4 aromatic heterocycles. The largest absolute Gasteiger partial charge is 0.381 e. The fourth-order valence-corrected chi connectivity index (χ4v) is 3.55. The van der Waals surface area contributed by atoms with E-state index >= 15 is 0 Å². The van der Waals surface area contributed by atoms with E-state index in [1.165, 1.54) is 0 Å². The smallest absolute Gasteiger partial charge is 0.200 e. The molecule has 0 aliphatic heterocycles. The molecule has 4 aromatic rings. The highest BCUT2D eigenvalue weighted by Gasteiger charge is 2.17. The number of rotatable bonds is 12. The molecule has 0 bridgehead atoms. The normalized spacial score (nSPS) is 10.7. The Morgan fingerprint density at radius 3 is 1.42 bits per heavy atom. The molecule has 0 unspecified atom stereocenters. The summed E-state index contributed by atoms with van der Waals surface area (Å²) in [6, 6.07) is 24.0. The molecule has 33 heavy (non-hydrogen) atoms. The Labute approximate surface area is 195 Å². The molecule has 0 fully saturated rings. The molecule has 0 amide bonds. The van der Waals surface area contributed by atoms with Crippen molar-refractivity contribution in [1.82, 2.24) is 9.97 Å². The highest BCUT2D eigenvalue weighted by atomic mass is 16.5. The van der Waals surface area contributed by atoms with Crippen molar-refractivity contribution in [2.45, 2.75) is 12.8 Å². The quantitative estimate of drug-likeness (QED) is 0.249. The molecule has 7 heteroatoms. The van der Waals surface area contributed by atoms with Crippen molar-refractivity contribution in [1.29, 1.82) is 0 Å². The Kier molecular flexibility index (Phi) is 8.31. The van der Waals surface area contributed by atoms with E-state index in [-0.39, 0.29) is 0 Å². The molecule has 4 rings (SSSR count). The number of aromatic nitrogens is 4. The summed E-state index contributed by atoms with van der Waals surface area (Å²) in [5.74, 6) is 1.83. The second kappa shape index (κ2) is 12.3. The molecule has 0 aliphatic carbocycles. The van der Waals surface area contributed by atoms with Gasteiger partial charge in [0.25, 0.3) is 0 Å². The summed E-state index contributed by atoms with van der Waals surface area (Å²) in [4.78, 5) is 9.02. The van der Waals surface area contributed by atoms with E-state index in [4.69, 9.17) is 4.74 Å². The summed E-state index contributed by atoms with van der Waals surface area (Å²) in [6.45, 7) is 3.01. The van der Waals surface area contributed by atoms with Gasteiger partial charge >= 0.3 is 0 Å². The van der Waals surface area contributed by atoms with E-state index in [9.17, 15) is 0 Å². The molecule has 0 N–H and O–H groups in total. The van der Waals surface area contributed by atoms with Gasteiger partial charge in [0, 0.05) is 49.9 Å². The Morgan fingerprint density at radius 2 is 1.03 bits per heavy atom. The lowest BCUT2D eigenvalue weighted by Crippen LogP contribution is -2.55. The molecule has 7 nitrogen and oxygen atoms in total. The van der Waals surface area contributed by atoms with Crippen molar-refractivity contribution >= 4 is 11.6 Å². The van der Waals surface area contributed by atoms with Crippen LogP contribution >= 0.6 is 0 Å². The van der Waals surface area contributed by atoms with Gasteiger partial charge in [-0.2, -0.15) is 0 Å². The van der Waals surface area contributed by atoms with Gasteiger partial charge < -0.3 is 4.74 Å². The highest BCUT2D eigenvalue weighted by Crippen LogP contribution is 2.08. The Balaban J connectivity index is 1.25. The monoisotopic (exact) mass is 442 g/mol. The fourth-order valence-electron chi connectivity index (χ4n) is 3.55. The highest BCUT2D eigenvalue weighted by molar-refractivity contribution is 5.34. The van der Waals surface area contributed by atoms with E-state index in [0.717, 1.165) is 37.6 Å². The number of anilines is 2. The molecule has 0 spiro atoms. The van der Waals surface area contributed by atoms with Crippen LogP contribution in [-0.4, -0.2) is 36.3 Å². The van der Waals surface area contributed by atoms with Gasteiger partial charge in [0.05, 0.1) is 13.1 Å². The van der Waals surface area contributed by atoms with Gasteiger partial charge in [-0.3, -0.25) is 0 Å². The number of pyridine rings is 4. The summed E-state index contributed by atoms with van der Waals surface area (Å²) in [5, 5.41) is 4.30. The third-order valence-electron chi connectivity index (χ3n) is 5.10. The lowest BCUT2D eigenvalue weighted by atomic mass is 10.4. The molecule has 0 radical (unpaired) electrons. The molecule has 0 aromatic carbocycles. The Bertz CT molecular complexity index is 885. The van der Waals surface area contributed by atoms with Crippen LogP contribution in [0.25, 0.3) is 0 Å². The van der Waals surface area contributed by atoms with Crippen LogP contribution < -0.4 is 19.4 Å². The second-order valence-corrected chi connectivity index (χ2v) is 7.45. The standard InChI is InChI=1S/C26H30N6O/c1-7-17-29(18-8-1)31(25-13-3-5-15-27-25)21-11-23-33-24-12-22-32(26-14-4-6-16-28-26)30-19-9-2-10-20-30/h1-10,13-20H,11-12,21-24H2/q+2. The van der Waals surface area contributed by atoms with Crippen molar-refractivity contribution in [3.05, 3.63) is 110 Å². The first kappa shape index (κ1) is 22.4. The van der Waals surface area contributed by atoms with E-state index < -0.39 is 0 Å². The van der Waals surface area contributed by atoms with Gasteiger partial charge in [-0.1, -0.05) is 33.6 Å². The summed E-state index contributed by atoms with van der Waals surface area (Å²) in [7, 11) is 0. The minimum atomic E-state index is 0.693. The summed E-state index contributed by atoms with van der Waals surface area (Å²) >= 11 is 0. The minimum absolute atomic E-state index is 0.693. The number of ether oxygens (including phenoxy) is 1. The van der Waals surface area contributed by atoms with Crippen LogP contribution in [0, 0.1) is 0 Å². The second-order valence-electron chi connectivity index (χ2n) is 7.45. The van der Waals surface area contributed by atoms with Crippen molar-refractivity contribution in [3.8, 4) is 0 Å². The zero-order valence-corrected chi connectivity index (χ0v) is 18.7. The summed E-state index contributed by atoms with van der Waals surface area (Å²) < 4.78 is 10.1. The van der Waals surface area contributed by atoms with Crippen molar-refractivity contribution in [2.75, 3.05) is 36.3 Å². The van der Waals surface area contributed by atoms with E-state index in [1.807, 2.05) is 110 Å². The van der Waals surface area contributed by atoms with Gasteiger partial charge in [-0.05, 0) is 37.1 Å². The number of nitrogens with zero attached hydrogens (tertiary/aromatic N) is 6. The van der Waals surface area contributed by atoms with Gasteiger partial charge in [-0.25, -0.2) is 9.97 Å². The lowest BCUT2D eigenvalue weighted by Gasteiger charge is -2.17. The molecule has 0 atom stereocenters. The maximum Gasteiger partial charge on any atom is 0.200 e. The maximum absolute atomic E-state index is 5.97. The third kappa shape index (κ3) is 6.57. The number of hydrogen-bond acceptors (Lipinski definition) is 5. The van der Waals surface area contributed by atoms with Crippen LogP contribution in [0.15, 0.2) is 110 Å². The lowest BCUT2D eigenvalue weighted by molar-refractivity contribution is -0.684. The summed E-state index contributed by atoms with van der Waals surface area (Å²) in [5.41, 5.74) is 0. The van der Waals surface area contributed by atoms with Crippen LogP contribution in [-0.2, 0) is 4.74 Å². The average molecular weight is 443 g/mol. The summed E-state index contributed by atoms with van der Waals surface area (Å²) in [6.07, 6.45) is 13.6. The van der Waals surface area contributed by atoms with E-state index in [1.54, 1.807) is 0 Å². The van der Waals surface area contributed by atoms with E-state index in [2.05, 4.69) is 29.3 Å².